The van der Waals surface area contributed by atoms with Crippen molar-refractivity contribution in [2.45, 2.75) is 83.5 Å². The van der Waals surface area contributed by atoms with E-state index in [1.54, 1.807) is 26.8 Å². The summed E-state index contributed by atoms with van der Waals surface area (Å²) in [5, 5.41) is 15.1. The number of carbonyl (C=O) groups is 3. The van der Waals surface area contributed by atoms with Gasteiger partial charge in [-0.2, -0.15) is 17.9 Å². The van der Waals surface area contributed by atoms with E-state index >= 15 is 0 Å². The first-order valence-electron chi connectivity index (χ1n) is 11.7. The number of alkyl carbamates (subject to hydrolysis) is 1. The van der Waals surface area contributed by atoms with Crippen LogP contribution in [0.25, 0.3) is 0 Å². The molecule has 2 unspecified atom stereocenters. The number of benzene rings is 1. The number of nitrogens with one attached hydrogen (secondary N) is 2. The maximum absolute atomic E-state index is 13.5. The van der Waals surface area contributed by atoms with Crippen LogP contribution in [0.2, 0.25) is 0 Å². The van der Waals surface area contributed by atoms with E-state index in [2.05, 4.69) is 23.3 Å². The Morgan fingerprint density at radius 2 is 1.91 bits per heavy atom. The summed E-state index contributed by atoms with van der Waals surface area (Å²) in [5.41, 5.74) is 0.784. The van der Waals surface area contributed by atoms with E-state index in [1.165, 1.54) is 4.90 Å². The van der Waals surface area contributed by atoms with E-state index in [0.717, 1.165) is 37.7 Å². The lowest BCUT2D eigenvalue weighted by atomic mass is 9.94. The Bertz CT molecular complexity index is 903. The number of aryl methyl sites for hydroxylation is 1. The third kappa shape index (κ3) is 8.24. The van der Waals surface area contributed by atoms with Gasteiger partial charge in [0.2, 0.25) is 11.8 Å². The molecule has 0 heterocycles. The summed E-state index contributed by atoms with van der Waals surface area (Å²) in [4.78, 5) is 40.6. The zero-order chi connectivity index (χ0) is 25.3. The van der Waals surface area contributed by atoms with Gasteiger partial charge < -0.3 is 20.3 Å². The van der Waals surface area contributed by atoms with E-state index in [1.807, 2.05) is 31.2 Å². The Morgan fingerprint density at radius 3 is 2.47 bits per heavy atom. The number of rotatable bonds is 8. The predicted molar refractivity (Wildman–Crippen MR) is 133 cm³/mol. The molecular formula is C25H36N4O4S. The fraction of sp³-hybridized carbons (Fsp3) is 0.600. The molecular weight excluding hydrogens is 452 g/mol. The zero-order valence-corrected chi connectivity index (χ0v) is 21.4. The van der Waals surface area contributed by atoms with Crippen LogP contribution < -0.4 is 10.6 Å². The Hall–Kier alpha value is -2.73. The molecule has 34 heavy (non-hydrogen) atoms. The van der Waals surface area contributed by atoms with Crippen LogP contribution in [0.1, 0.15) is 70.0 Å². The Balaban J connectivity index is 2.36. The molecule has 1 aromatic carbocycles. The van der Waals surface area contributed by atoms with E-state index in [4.69, 9.17) is 4.74 Å². The Labute approximate surface area is 207 Å². The minimum absolute atomic E-state index is 0.0230. The van der Waals surface area contributed by atoms with Gasteiger partial charge in [0.25, 0.3) is 0 Å². The highest BCUT2D eigenvalue weighted by atomic mass is 32.1. The summed E-state index contributed by atoms with van der Waals surface area (Å²) < 4.78 is 5.27. The third-order valence-electron chi connectivity index (χ3n) is 5.57. The summed E-state index contributed by atoms with van der Waals surface area (Å²) >= 11 is 4.23. The molecule has 0 bridgehead atoms. The average Bonchev–Trinajstić information content (AvgIpc) is 2.76. The molecule has 0 radical (unpaired) electrons. The first kappa shape index (κ1) is 27.5. The molecule has 1 aliphatic rings. The molecule has 3 amide bonds. The lowest BCUT2D eigenvalue weighted by Crippen LogP contribution is -2.54. The monoisotopic (exact) mass is 488 g/mol. The van der Waals surface area contributed by atoms with Gasteiger partial charge in [0.1, 0.15) is 24.2 Å². The molecule has 2 atom stereocenters. The SMILES string of the molecule is Cc1cccc(C(C(=O)NC2CCCCC2)N(CC#N)C(=O)C(CS)NC(=O)OC(C)(C)C)c1. The van der Waals surface area contributed by atoms with Crippen LogP contribution in [0.5, 0.6) is 0 Å². The van der Waals surface area contributed by atoms with Crippen molar-refractivity contribution < 1.29 is 19.1 Å². The second-order valence-corrected chi connectivity index (χ2v) is 10.0. The highest BCUT2D eigenvalue weighted by Gasteiger charge is 2.36. The normalized spacial score (nSPS) is 16.0. The first-order valence-corrected chi connectivity index (χ1v) is 12.3. The molecule has 1 saturated carbocycles. The minimum Gasteiger partial charge on any atom is -0.444 e. The lowest BCUT2D eigenvalue weighted by Gasteiger charge is -2.34. The molecule has 0 spiro atoms. The van der Waals surface area contributed by atoms with Crippen LogP contribution in [-0.2, 0) is 14.3 Å². The highest BCUT2D eigenvalue weighted by molar-refractivity contribution is 7.80. The molecule has 0 aliphatic heterocycles. The lowest BCUT2D eigenvalue weighted by molar-refractivity contribution is -0.141. The van der Waals surface area contributed by atoms with Gasteiger partial charge in [-0.3, -0.25) is 9.59 Å². The van der Waals surface area contributed by atoms with Crippen molar-refractivity contribution in [2.75, 3.05) is 12.3 Å². The van der Waals surface area contributed by atoms with Gasteiger partial charge in [0.15, 0.2) is 0 Å². The van der Waals surface area contributed by atoms with Gasteiger partial charge >= 0.3 is 6.09 Å². The smallest absolute Gasteiger partial charge is 0.408 e. The second kappa shape index (κ2) is 12.7. The number of carbonyl (C=O) groups excluding carboxylic acids is 3. The largest absolute Gasteiger partial charge is 0.444 e. The minimum atomic E-state index is -1.07. The van der Waals surface area contributed by atoms with Crippen LogP contribution in [0, 0.1) is 18.3 Å². The molecule has 186 valence electrons. The van der Waals surface area contributed by atoms with Crippen molar-refractivity contribution in [1.82, 2.24) is 15.5 Å². The number of nitrogens with zero attached hydrogens (tertiary/aromatic N) is 2. The van der Waals surface area contributed by atoms with E-state index < -0.39 is 29.7 Å². The number of hydrogen-bond acceptors (Lipinski definition) is 6. The molecule has 1 aliphatic carbocycles. The van der Waals surface area contributed by atoms with Gasteiger partial charge in [-0.05, 0) is 46.1 Å². The second-order valence-electron chi connectivity index (χ2n) is 9.67. The molecule has 8 nitrogen and oxygen atoms in total. The summed E-state index contributed by atoms with van der Waals surface area (Å²) in [6.45, 7) is 6.73. The van der Waals surface area contributed by atoms with Crippen LogP contribution in [0.15, 0.2) is 24.3 Å². The standard InChI is InChI=1S/C25H36N4O4S/c1-17-9-8-10-18(15-17)21(22(30)27-19-11-6-5-7-12-19)29(14-13-26)23(31)20(16-34)28-24(32)33-25(2,3)4/h8-10,15,19-21,34H,5-7,11-12,14,16H2,1-4H3,(H,27,30)(H,28,32). The van der Waals surface area contributed by atoms with E-state index in [0.29, 0.717) is 5.56 Å². The van der Waals surface area contributed by atoms with Gasteiger partial charge in [-0.1, -0.05) is 49.1 Å². The van der Waals surface area contributed by atoms with Crippen molar-refractivity contribution in [1.29, 1.82) is 5.26 Å². The van der Waals surface area contributed by atoms with Crippen molar-refractivity contribution in [3.05, 3.63) is 35.4 Å². The predicted octanol–water partition coefficient (Wildman–Crippen LogP) is 3.66. The van der Waals surface area contributed by atoms with Gasteiger partial charge in [0.05, 0.1) is 6.07 Å². The number of hydrogen-bond donors (Lipinski definition) is 3. The fourth-order valence-corrected chi connectivity index (χ4v) is 4.30. The molecule has 1 aromatic rings. The number of thiol groups is 1. The van der Waals surface area contributed by atoms with E-state index in [9.17, 15) is 19.6 Å². The Morgan fingerprint density at radius 1 is 1.24 bits per heavy atom. The maximum Gasteiger partial charge on any atom is 0.408 e. The average molecular weight is 489 g/mol. The first-order chi connectivity index (χ1) is 16.1. The quantitative estimate of drug-likeness (QED) is 0.382. The van der Waals surface area contributed by atoms with Crippen molar-refractivity contribution in [2.24, 2.45) is 0 Å². The topological polar surface area (TPSA) is 112 Å². The van der Waals surface area contributed by atoms with Crippen LogP contribution in [0.3, 0.4) is 0 Å². The molecule has 2 rings (SSSR count). The van der Waals surface area contributed by atoms with Crippen LogP contribution in [0.4, 0.5) is 4.79 Å². The van der Waals surface area contributed by atoms with Crippen LogP contribution in [-0.4, -0.2) is 52.8 Å². The van der Waals surface area contributed by atoms with Crippen molar-refractivity contribution >= 4 is 30.5 Å². The summed E-state index contributed by atoms with van der Waals surface area (Å²) in [6, 6.07) is 7.27. The number of nitriles is 1. The number of amides is 3. The molecule has 0 aromatic heterocycles. The van der Waals surface area contributed by atoms with E-state index in [-0.39, 0.29) is 24.2 Å². The summed E-state index contributed by atoms with van der Waals surface area (Å²) in [6.07, 6.45) is 4.24. The summed E-state index contributed by atoms with van der Waals surface area (Å²) in [7, 11) is 0. The fourth-order valence-electron chi connectivity index (χ4n) is 4.05. The van der Waals surface area contributed by atoms with Crippen LogP contribution >= 0.6 is 12.6 Å². The highest BCUT2D eigenvalue weighted by Crippen LogP contribution is 2.25. The maximum atomic E-state index is 13.5. The Kier molecular flexibility index (Phi) is 10.2. The molecule has 1 fully saturated rings. The van der Waals surface area contributed by atoms with Crippen molar-refractivity contribution in [3.8, 4) is 6.07 Å². The summed E-state index contributed by atoms with van der Waals surface area (Å²) in [5.74, 6) is -0.936. The zero-order valence-electron chi connectivity index (χ0n) is 20.5. The van der Waals surface area contributed by atoms with Crippen molar-refractivity contribution in [3.63, 3.8) is 0 Å². The van der Waals surface area contributed by atoms with Gasteiger partial charge in [-0.15, -0.1) is 0 Å². The molecule has 0 saturated heterocycles. The third-order valence-corrected chi connectivity index (χ3v) is 5.93. The molecule has 2 N–H and O–H groups in total. The number of ether oxygens (including phenoxy) is 1. The van der Waals surface area contributed by atoms with Gasteiger partial charge in [0, 0.05) is 11.8 Å². The van der Waals surface area contributed by atoms with Gasteiger partial charge in [-0.25, -0.2) is 4.79 Å². The molecule has 9 heteroatoms.